The third kappa shape index (κ3) is 8.28. The Morgan fingerprint density at radius 3 is 1.54 bits per heavy atom. The van der Waals surface area contributed by atoms with Gasteiger partial charge in [0.05, 0.1) is 17.9 Å². The molecule has 0 N–H and O–H groups in total. The van der Waals surface area contributed by atoms with E-state index in [9.17, 15) is 0 Å². The molecule has 0 aliphatic heterocycles. The first kappa shape index (κ1) is 24.6. The van der Waals surface area contributed by atoms with Gasteiger partial charge in [-0.1, -0.05) is 35.4 Å². The van der Waals surface area contributed by atoms with Crippen molar-refractivity contribution in [2.24, 2.45) is 15.0 Å². The average Bonchev–Trinajstić information content (AvgIpc) is 2.58. The second-order valence-corrected chi connectivity index (χ2v) is 8.47. The van der Waals surface area contributed by atoms with E-state index >= 15 is 0 Å². The van der Waals surface area contributed by atoms with Crippen LogP contribution in [0.15, 0.2) is 39.2 Å². The van der Waals surface area contributed by atoms with Crippen molar-refractivity contribution in [3.8, 4) is 0 Å². The molecule has 28 heavy (non-hydrogen) atoms. The first-order valence-electron chi connectivity index (χ1n) is 8.86. The number of aliphatic imine (C=N–C) groups is 3. The fourth-order valence-electron chi connectivity index (χ4n) is 3.15. The van der Waals surface area contributed by atoms with Gasteiger partial charge in [-0.05, 0) is 63.8 Å². The number of rotatable bonds is 5. The van der Waals surface area contributed by atoms with E-state index in [-0.39, 0.29) is 13.1 Å². The van der Waals surface area contributed by atoms with Gasteiger partial charge in [0, 0.05) is 18.6 Å². The Morgan fingerprint density at radius 2 is 1.11 bits per heavy atom. The van der Waals surface area contributed by atoms with Crippen LogP contribution < -0.4 is 0 Å². The molecule has 0 spiro atoms. The number of hydrogen-bond donors (Lipinski definition) is 0. The zero-order valence-electron chi connectivity index (χ0n) is 17.2. The Labute approximate surface area is 183 Å². The molecule has 0 saturated carbocycles. The summed E-state index contributed by atoms with van der Waals surface area (Å²) in [4.78, 5) is 13.4. The van der Waals surface area contributed by atoms with Gasteiger partial charge >= 0.3 is 33.3 Å². The van der Waals surface area contributed by atoms with Crippen molar-refractivity contribution in [1.82, 2.24) is 0 Å². The number of benzene rings is 2. The molecule has 0 aliphatic carbocycles. The number of halogens is 2. The molecule has 0 saturated heterocycles. The fourth-order valence-corrected chi connectivity index (χ4v) is 3.15. The second kappa shape index (κ2) is 12.9. The van der Waals surface area contributed by atoms with Crippen LogP contribution in [0.3, 0.4) is 0 Å². The monoisotopic (exact) mass is 459 g/mol. The minimum absolute atomic E-state index is 0.194. The summed E-state index contributed by atoms with van der Waals surface area (Å²) in [6.07, 6.45) is 5.33. The van der Waals surface area contributed by atoms with E-state index in [4.69, 9.17) is 20.2 Å². The third-order valence-electron chi connectivity index (χ3n) is 4.05. The van der Waals surface area contributed by atoms with Gasteiger partial charge < -0.3 is 0 Å². The van der Waals surface area contributed by atoms with Gasteiger partial charge in [0.1, 0.15) is 0 Å². The standard InChI is InChI=1S/C22H27N3.2ClH.Fe/c1-15-11-17(3)21(18(4)12-15)24-9-7-23-8-10-25-22-19(5)13-16(2)14-20(22)6;;;/h7,9-14H,8H2,1-6H3;2*1H;/q;;;+2/p-2. The first-order valence-corrected chi connectivity index (χ1v) is 11.9. The summed E-state index contributed by atoms with van der Waals surface area (Å²) < 4.78 is 0. The molecule has 2 rings (SSSR count). The summed E-state index contributed by atoms with van der Waals surface area (Å²) in [7, 11) is 9.53. The van der Waals surface area contributed by atoms with E-state index in [2.05, 4.69) is 80.8 Å². The maximum atomic E-state index is 4.76. The van der Waals surface area contributed by atoms with Crippen molar-refractivity contribution < 1.29 is 13.1 Å². The summed E-state index contributed by atoms with van der Waals surface area (Å²) in [5.74, 6) is 0. The van der Waals surface area contributed by atoms with Crippen LogP contribution in [0.2, 0.25) is 0 Å². The molecule has 0 amide bonds. The fraction of sp³-hybridized carbons (Fsp3) is 0.318. The number of hydrogen-bond acceptors (Lipinski definition) is 3. The molecule has 0 unspecified atom stereocenters. The molecule has 0 radical (unpaired) electrons. The van der Waals surface area contributed by atoms with Gasteiger partial charge in [-0.25, -0.2) is 0 Å². The van der Waals surface area contributed by atoms with Crippen molar-refractivity contribution >= 4 is 50.2 Å². The van der Waals surface area contributed by atoms with Crippen LogP contribution in [0.4, 0.5) is 11.4 Å². The summed E-state index contributed by atoms with van der Waals surface area (Å²) in [6, 6.07) is 8.61. The summed E-state index contributed by atoms with van der Waals surface area (Å²) in [6.45, 7) is 13.1. The van der Waals surface area contributed by atoms with Gasteiger partial charge in [-0.15, -0.1) is 0 Å². The van der Waals surface area contributed by atoms with Gasteiger partial charge in [0.2, 0.25) is 0 Å². The maximum absolute atomic E-state index is 4.76. The molecule has 2 aromatic rings. The minimum atomic E-state index is 0.194. The van der Waals surface area contributed by atoms with E-state index in [0.29, 0.717) is 6.54 Å². The van der Waals surface area contributed by atoms with Crippen LogP contribution in [-0.2, 0) is 13.1 Å². The summed E-state index contributed by atoms with van der Waals surface area (Å²) in [5, 5.41) is 0. The van der Waals surface area contributed by atoms with Crippen molar-refractivity contribution in [3.63, 3.8) is 0 Å². The second-order valence-electron chi connectivity index (χ2n) is 6.65. The van der Waals surface area contributed by atoms with Crippen molar-refractivity contribution in [1.29, 1.82) is 0 Å². The Bertz CT molecular complexity index is 828. The van der Waals surface area contributed by atoms with Crippen LogP contribution in [0.1, 0.15) is 33.4 Å². The Morgan fingerprint density at radius 1 is 0.714 bits per heavy atom. The number of nitrogens with zero attached hydrogens (tertiary/aromatic N) is 3. The molecular formula is C22H27Cl2FeN3. The Hall–Kier alpha value is -1.45. The van der Waals surface area contributed by atoms with Crippen molar-refractivity contribution in [2.45, 2.75) is 41.5 Å². The van der Waals surface area contributed by atoms with Gasteiger partial charge in [-0.2, -0.15) is 0 Å². The van der Waals surface area contributed by atoms with E-state index in [1.165, 1.54) is 33.4 Å². The average molecular weight is 460 g/mol. The first-order chi connectivity index (χ1) is 13.3. The van der Waals surface area contributed by atoms with Crippen molar-refractivity contribution in [2.75, 3.05) is 6.54 Å². The third-order valence-corrected chi connectivity index (χ3v) is 4.05. The van der Waals surface area contributed by atoms with Crippen LogP contribution in [-0.4, -0.2) is 25.2 Å². The normalized spacial score (nSPS) is 11.6. The van der Waals surface area contributed by atoms with E-state index in [1.807, 2.05) is 6.21 Å². The van der Waals surface area contributed by atoms with Gasteiger partial charge in [0.25, 0.3) is 0 Å². The molecule has 152 valence electrons. The van der Waals surface area contributed by atoms with E-state index < -0.39 is 0 Å². The molecule has 0 heterocycles. The summed E-state index contributed by atoms with van der Waals surface area (Å²) in [5.41, 5.74) is 9.37. The molecule has 3 nitrogen and oxygen atoms in total. The molecule has 0 bridgehead atoms. The van der Waals surface area contributed by atoms with E-state index in [1.54, 1.807) is 12.4 Å². The van der Waals surface area contributed by atoms with Gasteiger partial charge in [0.15, 0.2) is 0 Å². The zero-order valence-corrected chi connectivity index (χ0v) is 19.8. The molecule has 0 fully saturated rings. The van der Waals surface area contributed by atoms with Crippen LogP contribution in [0, 0.1) is 41.5 Å². The topological polar surface area (TPSA) is 37.1 Å². The molecule has 6 heteroatoms. The molecular weight excluding hydrogens is 433 g/mol. The predicted molar refractivity (Wildman–Crippen MR) is 123 cm³/mol. The van der Waals surface area contributed by atoms with Crippen LogP contribution >= 0.6 is 20.2 Å². The molecule has 0 atom stereocenters. The number of aryl methyl sites for hydroxylation is 6. The Balaban J connectivity index is 0.00000122. The van der Waals surface area contributed by atoms with Gasteiger partial charge in [-0.3, -0.25) is 15.0 Å². The molecule has 0 aliphatic rings. The van der Waals surface area contributed by atoms with Crippen LogP contribution in [0.5, 0.6) is 0 Å². The molecule has 2 aromatic carbocycles. The molecule has 0 aromatic heterocycles. The predicted octanol–water partition coefficient (Wildman–Crippen LogP) is 7.09. The zero-order chi connectivity index (χ0) is 21.1. The van der Waals surface area contributed by atoms with Crippen LogP contribution in [0.25, 0.3) is 0 Å². The summed E-state index contributed by atoms with van der Waals surface area (Å²) >= 11 is 0.194. The Kier molecular flexibility index (Phi) is 11.3. The quantitative estimate of drug-likeness (QED) is 0.338. The van der Waals surface area contributed by atoms with Crippen molar-refractivity contribution in [3.05, 3.63) is 57.6 Å². The van der Waals surface area contributed by atoms with E-state index in [0.717, 1.165) is 11.4 Å². The SMILES string of the molecule is Cc1cc(C)c(N=CC=NCC=Nc2c(C)cc(C)cc2C)c(C)c1.[Cl][Fe][Cl].